The van der Waals surface area contributed by atoms with E-state index in [-0.39, 0.29) is 29.6 Å². The normalized spacial score (nSPS) is 10.8. The van der Waals surface area contributed by atoms with Gasteiger partial charge in [0.1, 0.15) is 0 Å². The van der Waals surface area contributed by atoms with Crippen LogP contribution < -0.4 is 14.8 Å². The molecule has 0 spiro atoms. The summed E-state index contributed by atoms with van der Waals surface area (Å²) in [6.07, 6.45) is 0. The molecule has 2 aromatic rings. The molecule has 0 radical (unpaired) electrons. The summed E-state index contributed by atoms with van der Waals surface area (Å²) < 4.78 is 34.4. The third-order valence-electron chi connectivity index (χ3n) is 3.67. The number of carbonyl (C=O) groups excluding carboxylic acids is 1. The lowest BCUT2D eigenvalue weighted by Crippen LogP contribution is -2.29. The Morgan fingerprint density at radius 3 is 2.46 bits per heavy atom. The van der Waals surface area contributed by atoms with Gasteiger partial charge >= 0.3 is 6.61 Å². The molecule has 1 N–H and O–H groups in total. The monoisotopic (exact) mass is 395 g/mol. The van der Waals surface area contributed by atoms with Crippen LogP contribution in [0.25, 0.3) is 0 Å². The van der Waals surface area contributed by atoms with E-state index in [1.54, 1.807) is 18.0 Å². The lowest BCUT2D eigenvalue weighted by atomic mass is 10.2. The maximum atomic E-state index is 12.5. The number of benzene rings is 2. The van der Waals surface area contributed by atoms with E-state index in [0.717, 1.165) is 0 Å². The number of alkyl halides is 2. The number of likely N-dealkylation sites (N-methyl/N-ethyl adjacent to an activating group) is 1. The Hall–Kier alpha value is -3.27. The van der Waals surface area contributed by atoms with Gasteiger partial charge in [0, 0.05) is 24.4 Å². The van der Waals surface area contributed by atoms with Crippen molar-refractivity contribution < 1.29 is 28.0 Å². The highest BCUT2D eigenvalue weighted by Gasteiger charge is 2.13. The molecule has 1 amide bonds. The second kappa shape index (κ2) is 9.60. The molecule has 0 aliphatic carbocycles. The van der Waals surface area contributed by atoms with Crippen molar-refractivity contribution in [3.63, 3.8) is 0 Å². The fourth-order valence-corrected chi connectivity index (χ4v) is 2.49. The van der Waals surface area contributed by atoms with Gasteiger partial charge in [0.25, 0.3) is 5.69 Å². The molecule has 0 unspecified atom stereocenters. The summed E-state index contributed by atoms with van der Waals surface area (Å²) in [5, 5.41) is 13.3. The summed E-state index contributed by atoms with van der Waals surface area (Å²) >= 11 is 0. The first-order chi connectivity index (χ1) is 13.3. The van der Waals surface area contributed by atoms with Crippen molar-refractivity contribution in [1.29, 1.82) is 0 Å². The van der Waals surface area contributed by atoms with E-state index in [2.05, 4.69) is 10.1 Å². The van der Waals surface area contributed by atoms with Crippen LogP contribution in [0.2, 0.25) is 0 Å². The SMILES string of the molecule is COc1ccc(CN(C)CC(=O)Nc2ccc([N+](=O)[O-])cc2)cc1OC(F)F. The maximum Gasteiger partial charge on any atom is 0.387 e. The van der Waals surface area contributed by atoms with Crippen molar-refractivity contribution in [3.05, 3.63) is 58.1 Å². The number of methoxy groups -OCH3 is 1. The van der Waals surface area contributed by atoms with Crippen LogP contribution in [0.3, 0.4) is 0 Å². The first kappa shape index (κ1) is 21.0. The maximum absolute atomic E-state index is 12.5. The lowest BCUT2D eigenvalue weighted by molar-refractivity contribution is -0.384. The number of carbonyl (C=O) groups is 1. The van der Waals surface area contributed by atoms with Crippen molar-refractivity contribution in [3.8, 4) is 11.5 Å². The van der Waals surface area contributed by atoms with E-state index in [1.807, 2.05) is 0 Å². The number of rotatable bonds is 9. The second-order valence-electron chi connectivity index (χ2n) is 5.89. The van der Waals surface area contributed by atoms with E-state index < -0.39 is 11.5 Å². The Balaban J connectivity index is 1.94. The third kappa shape index (κ3) is 6.16. The second-order valence-corrected chi connectivity index (χ2v) is 5.89. The van der Waals surface area contributed by atoms with Gasteiger partial charge in [-0.3, -0.25) is 19.8 Å². The van der Waals surface area contributed by atoms with Crippen LogP contribution in [-0.2, 0) is 11.3 Å². The molecule has 8 nitrogen and oxygen atoms in total. The largest absolute Gasteiger partial charge is 0.493 e. The minimum absolute atomic E-state index is 0.0219. The minimum atomic E-state index is -2.98. The van der Waals surface area contributed by atoms with Gasteiger partial charge in [0.2, 0.25) is 5.91 Å². The molecule has 0 aliphatic heterocycles. The van der Waals surface area contributed by atoms with Crippen molar-refractivity contribution >= 4 is 17.3 Å². The van der Waals surface area contributed by atoms with Crippen LogP contribution in [0.4, 0.5) is 20.2 Å². The number of nitro benzene ring substituents is 1. The Morgan fingerprint density at radius 2 is 1.89 bits per heavy atom. The standard InChI is InChI=1S/C18H19F2N3O5/c1-22(10-12-3-8-15(27-2)16(9-12)28-18(19)20)11-17(24)21-13-4-6-14(7-5-13)23(25)26/h3-9,18H,10-11H2,1-2H3,(H,21,24). The summed E-state index contributed by atoms with van der Waals surface area (Å²) in [6, 6.07) is 10.1. The highest BCUT2D eigenvalue weighted by atomic mass is 19.3. The number of nitrogens with zero attached hydrogens (tertiary/aromatic N) is 2. The van der Waals surface area contributed by atoms with Crippen LogP contribution in [-0.4, -0.2) is 43.0 Å². The topological polar surface area (TPSA) is 93.9 Å². The van der Waals surface area contributed by atoms with Gasteiger partial charge in [-0.2, -0.15) is 8.78 Å². The molecule has 0 saturated carbocycles. The zero-order chi connectivity index (χ0) is 20.7. The Kier molecular flexibility index (Phi) is 7.21. The van der Waals surface area contributed by atoms with Crippen molar-refractivity contribution in [2.75, 3.05) is 26.0 Å². The lowest BCUT2D eigenvalue weighted by Gasteiger charge is -2.18. The van der Waals surface area contributed by atoms with Crippen LogP contribution in [0.5, 0.6) is 11.5 Å². The molecular formula is C18H19F2N3O5. The number of nitrogens with one attached hydrogen (secondary N) is 1. The summed E-state index contributed by atoms with van der Waals surface area (Å²) in [5.41, 5.74) is 1.01. The zero-order valence-electron chi connectivity index (χ0n) is 15.2. The number of nitro groups is 1. The molecule has 0 aliphatic rings. The fourth-order valence-electron chi connectivity index (χ4n) is 2.49. The molecule has 150 valence electrons. The van der Waals surface area contributed by atoms with E-state index in [0.29, 0.717) is 17.8 Å². The summed E-state index contributed by atoms with van der Waals surface area (Å²) in [6.45, 7) is -2.65. The Labute approximate surface area is 159 Å². The molecule has 0 fully saturated rings. The predicted molar refractivity (Wildman–Crippen MR) is 97.7 cm³/mol. The van der Waals surface area contributed by atoms with E-state index >= 15 is 0 Å². The van der Waals surface area contributed by atoms with E-state index in [1.165, 1.54) is 43.5 Å². The number of amides is 1. The first-order valence-corrected chi connectivity index (χ1v) is 8.13. The van der Waals surface area contributed by atoms with Crippen molar-refractivity contribution in [2.45, 2.75) is 13.2 Å². The molecule has 2 rings (SSSR count). The number of hydrogen-bond donors (Lipinski definition) is 1. The van der Waals surface area contributed by atoms with Gasteiger partial charge in [0.05, 0.1) is 18.6 Å². The van der Waals surface area contributed by atoms with Gasteiger partial charge < -0.3 is 14.8 Å². The predicted octanol–water partition coefficient (Wildman–Crippen LogP) is 3.28. The molecule has 0 atom stereocenters. The van der Waals surface area contributed by atoms with Crippen molar-refractivity contribution in [2.24, 2.45) is 0 Å². The van der Waals surface area contributed by atoms with E-state index in [4.69, 9.17) is 4.74 Å². The minimum Gasteiger partial charge on any atom is -0.493 e. The fraction of sp³-hybridized carbons (Fsp3) is 0.278. The Bertz CT molecular complexity index is 830. The van der Waals surface area contributed by atoms with Crippen LogP contribution in [0, 0.1) is 10.1 Å². The number of non-ortho nitro benzene ring substituents is 1. The molecule has 0 heterocycles. The average Bonchev–Trinajstić information content (AvgIpc) is 2.61. The molecular weight excluding hydrogens is 376 g/mol. The van der Waals surface area contributed by atoms with E-state index in [9.17, 15) is 23.7 Å². The number of ether oxygens (including phenoxy) is 2. The smallest absolute Gasteiger partial charge is 0.387 e. The van der Waals surface area contributed by atoms with Gasteiger partial charge in [-0.25, -0.2) is 0 Å². The number of halogens is 2. The highest BCUT2D eigenvalue weighted by molar-refractivity contribution is 5.92. The molecule has 2 aromatic carbocycles. The molecule has 28 heavy (non-hydrogen) atoms. The number of hydrogen-bond acceptors (Lipinski definition) is 6. The summed E-state index contributed by atoms with van der Waals surface area (Å²) in [5.74, 6) is -0.227. The number of anilines is 1. The van der Waals surface area contributed by atoms with Crippen molar-refractivity contribution in [1.82, 2.24) is 4.90 Å². The summed E-state index contributed by atoms with van der Waals surface area (Å²) in [4.78, 5) is 23.9. The highest BCUT2D eigenvalue weighted by Crippen LogP contribution is 2.29. The third-order valence-corrected chi connectivity index (χ3v) is 3.67. The first-order valence-electron chi connectivity index (χ1n) is 8.13. The quantitative estimate of drug-likeness (QED) is 0.517. The average molecular weight is 395 g/mol. The summed E-state index contributed by atoms with van der Waals surface area (Å²) in [7, 11) is 3.04. The van der Waals surface area contributed by atoms with Crippen LogP contribution >= 0.6 is 0 Å². The molecule has 0 bridgehead atoms. The van der Waals surface area contributed by atoms with Gasteiger partial charge in [-0.15, -0.1) is 0 Å². The van der Waals surface area contributed by atoms with Crippen LogP contribution in [0.1, 0.15) is 5.56 Å². The molecule has 0 aromatic heterocycles. The molecule has 0 saturated heterocycles. The zero-order valence-corrected chi connectivity index (χ0v) is 15.2. The molecule has 10 heteroatoms. The van der Waals surface area contributed by atoms with Gasteiger partial charge in [0.15, 0.2) is 11.5 Å². The van der Waals surface area contributed by atoms with Gasteiger partial charge in [-0.05, 0) is 36.9 Å². The van der Waals surface area contributed by atoms with Gasteiger partial charge in [-0.1, -0.05) is 6.07 Å². The van der Waals surface area contributed by atoms with Crippen LogP contribution in [0.15, 0.2) is 42.5 Å². The Morgan fingerprint density at radius 1 is 1.21 bits per heavy atom.